The minimum absolute atomic E-state index is 0.0297. The SMILES string of the molecule is CN(c1ccccc1)c1nnc(-c2cccc(OCc3ncccc3F)c2)o1. The third kappa shape index (κ3) is 3.83. The molecule has 0 aliphatic rings. The van der Waals surface area contributed by atoms with E-state index in [9.17, 15) is 4.39 Å². The number of hydrogen-bond donors (Lipinski definition) is 0. The van der Waals surface area contributed by atoms with Gasteiger partial charge in [-0.3, -0.25) is 9.88 Å². The van der Waals surface area contributed by atoms with E-state index < -0.39 is 5.82 Å². The lowest BCUT2D eigenvalue weighted by molar-refractivity contribution is 0.294. The average Bonchev–Trinajstić information content (AvgIpc) is 3.24. The van der Waals surface area contributed by atoms with E-state index in [0.717, 1.165) is 5.69 Å². The van der Waals surface area contributed by atoms with Crippen molar-refractivity contribution in [3.8, 4) is 17.2 Å². The van der Waals surface area contributed by atoms with Gasteiger partial charge in [-0.05, 0) is 42.5 Å². The lowest BCUT2D eigenvalue weighted by Gasteiger charge is -2.13. The number of para-hydroxylation sites is 1. The predicted molar refractivity (Wildman–Crippen MR) is 103 cm³/mol. The summed E-state index contributed by atoms with van der Waals surface area (Å²) in [7, 11) is 1.85. The van der Waals surface area contributed by atoms with E-state index in [2.05, 4.69) is 15.2 Å². The average molecular weight is 376 g/mol. The number of rotatable bonds is 6. The van der Waals surface area contributed by atoms with E-state index in [4.69, 9.17) is 9.15 Å². The summed E-state index contributed by atoms with van der Waals surface area (Å²) < 4.78 is 25.1. The zero-order chi connectivity index (χ0) is 19.3. The number of ether oxygens (including phenoxy) is 1. The predicted octanol–water partition coefficient (Wildman–Crippen LogP) is 4.62. The summed E-state index contributed by atoms with van der Waals surface area (Å²) >= 11 is 0. The molecule has 0 spiro atoms. The Balaban J connectivity index is 1.50. The molecule has 0 amide bonds. The summed E-state index contributed by atoms with van der Waals surface area (Å²) in [5.74, 6) is 0.523. The minimum atomic E-state index is -0.399. The van der Waals surface area contributed by atoms with Crippen LogP contribution >= 0.6 is 0 Å². The Labute approximate surface area is 161 Å². The van der Waals surface area contributed by atoms with E-state index in [-0.39, 0.29) is 12.3 Å². The summed E-state index contributed by atoms with van der Waals surface area (Å²) in [6.45, 7) is 0.0297. The van der Waals surface area contributed by atoms with Crippen LogP contribution in [0.15, 0.2) is 77.3 Å². The fourth-order valence-electron chi connectivity index (χ4n) is 2.62. The fraction of sp³-hybridized carbons (Fsp3) is 0.0952. The second-order valence-electron chi connectivity index (χ2n) is 6.03. The van der Waals surface area contributed by atoms with Gasteiger partial charge in [0.15, 0.2) is 0 Å². The highest BCUT2D eigenvalue weighted by molar-refractivity contribution is 5.59. The fourth-order valence-corrected chi connectivity index (χ4v) is 2.62. The van der Waals surface area contributed by atoms with Crippen LogP contribution < -0.4 is 9.64 Å². The number of hydrogen-bond acceptors (Lipinski definition) is 6. The number of nitrogens with zero attached hydrogens (tertiary/aromatic N) is 4. The van der Waals surface area contributed by atoms with Crippen molar-refractivity contribution >= 4 is 11.7 Å². The first-order chi connectivity index (χ1) is 13.7. The van der Waals surface area contributed by atoms with Crippen LogP contribution in [0.2, 0.25) is 0 Å². The van der Waals surface area contributed by atoms with Gasteiger partial charge in [0, 0.05) is 24.5 Å². The Hall–Kier alpha value is -3.74. The molecule has 0 saturated carbocycles. The van der Waals surface area contributed by atoms with Crippen molar-refractivity contribution in [2.24, 2.45) is 0 Å². The molecule has 0 bridgehead atoms. The van der Waals surface area contributed by atoms with Gasteiger partial charge in [0.1, 0.15) is 23.9 Å². The summed E-state index contributed by atoms with van der Waals surface area (Å²) in [4.78, 5) is 5.79. The van der Waals surface area contributed by atoms with Crippen LogP contribution in [0.3, 0.4) is 0 Å². The molecule has 0 atom stereocenters. The zero-order valence-corrected chi connectivity index (χ0v) is 15.1. The molecule has 2 aromatic heterocycles. The molecule has 0 fully saturated rings. The Morgan fingerprint density at radius 3 is 2.68 bits per heavy atom. The number of halogens is 1. The van der Waals surface area contributed by atoms with Crippen molar-refractivity contribution in [1.29, 1.82) is 0 Å². The molecule has 4 aromatic rings. The molecule has 6 nitrogen and oxygen atoms in total. The molecule has 0 aliphatic carbocycles. The van der Waals surface area contributed by atoms with Crippen LogP contribution in [-0.2, 0) is 6.61 Å². The molecule has 2 aromatic carbocycles. The summed E-state index contributed by atoms with van der Waals surface area (Å²) in [5.41, 5.74) is 1.89. The highest BCUT2D eigenvalue weighted by atomic mass is 19.1. The summed E-state index contributed by atoms with van der Waals surface area (Å²) in [6.07, 6.45) is 1.53. The molecule has 2 heterocycles. The van der Waals surface area contributed by atoms with E-state index >= 15 is 0 Å². The molecule has 140 valence electrons. The Bertz CT molecular complexity index is 1070. The largest absolute Gasteiger partial charge is 0.487 e. The van der Waals surface area contributed by atoms with Crippen molar-refractivity contribution in [2.45, 2.75) is 6.61 Å². The third-order valence-corrected chi connectivity index (χ3v) is 4.14. The van der Waals surface area contributed by atoms with Crippen LogP contribution in [-0.4, -0.2) is 22.2 Å². The Kier molecular flexibility index (Phi) is 4.97. The minimum Gasteiger partial charge on any atom is -0.487 e. The van der Waals surface area contributed by atoms with E-state index in [1.165, 1.54) is 12.3 Å². The van der Waals surface area contributed by atoms with Crippen LogP contribution in [0.5, 0.6) is 5.75 Å². The molecule has 4 rings (SSSR count). The second-order valence-corrected chi connectivity index (χ2v) is 6.03. The highest BCUT2D eigenvalue weighted by Gasteiger charge is 2.14. The molecule has 7 heteroatoms. The Morgan fingerprint density at radius 1 is 1.00 bits per heavy atom. The van der Waals surface area contributed by atoms with E-state index in [0.29, 0.717) is 23.2 Å². The van der Waals surface area contributed by atoms with Gasteiger partial charge in [-0.1, -0.05) is 29.4 Å². The first-order valence-electron chi connectivity index (χ1n) is 8.65. The first-order valence-corrected chi connectivity index (χ1v) is 8.65. The van der Waals surface area contributed by atoms with Gasteiger partial charge >= 0.3 is 6.01 Å². The van der Waals surface area contributed by atoms with Crippen LogP contribution in [0.4, 0.5) is 16.1 Å². The molecular weight excluding hydrogens is 359 g/mol. The van der Waals surface area contributed by atoms with Crippen LogP contribution in [0.25, 0.3) is 11.5 Å². The highest BCUT2D eigenvalue weighted by Crippen LogP contribution is 2.28. The number of anilines is 2. The lowest BCUT2D eigenvalue weighted by Crippen LogP contribution is -2.09. The molecule has 0 radical (unpaired) electrons. The van der Waals surface area contributed by atoms with Gasteiger partial charge in [0.05, 0.1) is 0 Å². The van der Waals surface area contributed by atoms with Crippen LogP contribution in [0.1, 0.15) is 5.69 Å². The first kappa shape index (κ1) is 17.7. The quantitative estimate of drug-likeness (QED) is 0.489. The standard InChI is InChI=1S/C21H17FN4O2/c1-26(16-8-3-2-4-9-16)21-25-24-20(28-21)15-7-5-10-17(13-15)27-14-19-18(22)11-6-12-23-19/h2-13H,14H2,1H3. The molecule has 28 heavy (non-hydrogen) atoms. The zero-order valence-electron chi connectivity index (χ0n) is 15.1. The number of benzene rings is 2. The van der Waals surface area contributed by atoms with Crippen molar-refractivity contribution in [2.75, 3.05) is 11.9 Å². The molecule has 0 unspecified atom stereocenters. The van der Waals surface area contributed by atoms with Crippen LogP contribution in [0, 0.1) is 5.82 Å². The van der Waals surface area contributed by atoms with Gasteiger partial charge in [0.25, 0.3) is 0 Å². The monoisotopic (exact) mass is 376 g/mol. The van der Waals surface area contributed by atoms with Crippen molar-refractivity contribution in [1.82, 2.24) is 15.2 Å². The van der Waals surface area contributed by atoms with Crippen molar-refractivity contribution in [3.63, 3.8) is 0 Å². The number of aromatic nitrogens is 3. The van der Waals surface area contributed by atoms with E-state index in [1.807, 2.05) is 49.5 Å². The summed E-state index contributed by atoms with van der Waals surface area (Å²) in [5, 5.41) is 8.23. The smallest absolute Gasteiger partial charge is 0.322 e. The molecule has 0 N–H and O–H groups in total. The van der Waals surface area contributed by atoms with E-state index in [1.54, 1.807) is 23.1 Å². The lowest BCUT2D eigenvalue weighted by atomic mass is 10.2. The second kappa shape index (κ2) is 7.87. The van der Waals surface area contributed by atoms with Gasteiger partial charge in [0.2, 0.25) is 5.89 Å². The van der Waals surface area contributed by atoms with Gasteiger partial charge in [-0.25, -0.2) is 4.39 Å². The summed E-state index contributed by atoms with van der Waals surface area (Å²) in [6, 6.07) is 20.2. The molecular formula is C21H17FN4O2. The van der Waals surface area contributed by atoms with Gasteiger partial charge in [-0.2, -0.15) is 0 Å². The van der Waals surface area contributed by atoms with Gasteiger partial charge < -0.3 is 9.15 Å². The number of pyridine rings is 1. The topological polar surface area (TPSA) is 64.3 Å². The van der Waals surface area contributed by atoms with Crippen molar-refractivity contribution in [3.05, 3.63) is 84.4 Å². The normalized spacial score (nSPS) is 10.6. The van der Waals surface area contributed by atoms with Gasteiger partial charge in [-0.15, -0.1) is 5.10 Å². The third-order valence-electron chi connectivity index (χ3n) is 4.14. The van der Waals surface area contributed by atoms with Crippen molar-refractivity contribution < 1.29 is 13.5 Å². The Morgan fingerprint density at radius 2 is 1.86 bits per heavy atom. The maximum atomic E-state index is 13.7. The molecule has 0 aliphatic heterocycles. The maximum Gasteiger partial charge on any atom is 0.322 e. The molecule has 0 saturated heterocycles. The maximum absolute atomic E-state index is 13.7.